The van der Waals surface area contributed by atoms with Crippen molar-refractivity contribution in [2.75, 3.05) is 6.61 Å². The summed E-state index contributed by atoms with van der Waals surface area (Å²) in [6.07, 6.45) is 26.2. The Kier molecular flexibility index (Phi) is 41.9. The standard InChI is InChI=1S/C31H47N2O.6BF4/c1-2-3-4-5-6-7-8-9-10-11-12-13-14-15-16-17-26-34-31-20-18-30(19-21-31)28-33-24-22-29(27-32)23-25-33;6*2-1(3,4)5/h18-25H,2-17,26,28H2,1H3;;;;;;/q+1;6*-1. The van der Waals surface area contributed by atoms with Crippen LogP contribution in [0, 0.1) is 11.3 Å². The van der Waals surface area contributed by atoms with E-state index in [0.29, 0.717) is 5.56 Å². The number of pyridine rings is 1. The second kappa shape index (κ2) is 38.6. The Morgan fingerprint density at radius 1 is 0.406 bits per heavy atom. The summed E-state index contributed by atoms with van der Waals surface area (Å²) < 4.78 is 242. The van der Waals surface area contributed by atoms with Crippen molar-refractivity contribution in [1.82, 2.24) is 0 Å². The summed E-state index contributed by atoms with van der Waals surface area (Å²) in [5, 5.41) is 8.89. The number of nitrogens with zero attached hydrogens (tertiary/aromatic N) is 2. The molecule has 0 atom stereocenters. The van der Waals surface area contributed by atoms with Gasteiger partial charge in [0.05, 0.1) is 18.2 Å². The van der Waals surface area contributed by atoms with E-state index in [-0.39, 0.29) is 0 Å². The largest absolute Gasteiger partial charge is 0.673 e. The van der Waals surface area contributed by atoms with Crippen molar-refractivity contribution < 1.29 is 113 Å². The first-order valence-corrected chi connectivity index (χ1v) is 19.2. The lowest BCUT2D eigenvalue weighted by atomic mass is 10.0. The zero-order valence-electron chi connectivity index (χ0n) is 34.2. The topological polar surface area (TPSA) is 36.9 Å². The second-order valence-electron chi connectivity index (χ2n) is 12.6. The van der Waals surface area contributed by atoms with Gasteiger partial charge in [-0.3, -0.25) is 0 Å². The van der Waals surface area contributed by atoms with Crippen molar-refractivity contribution in [2.45, 2.75) is 116 Å². The Morgan fingerprint density at radius 3 is 0.906 bits per heavy atom. The maximum atomic E-state index is 9.75. The summed E-state index contributed by atoms with van der Waals surface area (Å²) in [6, 6.07) is 14.2. The van der Waals surface area contributed by atoms with E-state index in [2.05, 4.69) is 41.8 Å². The van der Waals surface area contributed by atoms with Crippen LogP contribution >= 0.6 is 0 Å². The van der Waals surface area contributed by atoms with Crippen LogP contribution in [0.15, 0.2) is 48.8 Å². The third kappa shape index (κ3) is 112. The first-order valence-electron chi connectivity index (χ1n) is 19.2. The van der Waals surface area contributed by atoms with Crippen LogP contribution in [0.3, 0.4) is 0 Å². The molecule has 0 saturated heterocycles. The summed E-state index contributed by atoms with van der Waals surface area (Å²) in [5.74, 6) is 0.953. The Balaban J connectivity index is -0.000000309. The van der Waals surface area contributed by atoms with Gasteiger partial charge in [0.2, 0.25) is 0 Å². The van der Waals surface area contributed by atoms with Crippen LogP contribution in [-0.2, 0) is 6.54 Å². The fraction of sp³-hybridized carbons (Fsp3) is 0.613. The van der Waals surface area contributed by atoms with Crippen LogP contribution in [0.4, 0.5) is 104 Å². The molecule has 0 fully saturated rings. The summed E-state index contributed by atoms with van der Waals surface area (Å²) in [7, 11) is -36.0. The number of rotatable bonds is 20. The molecule has 0 aliphatic heterocycles. The maximum Gasteiger partial charge on any atom is 0.673 e. The number of hydrogen-bond acceptors (Lipinski definition) is 2. The van der Waals surface area contributed by atoms with Gasteiger partial charge in [0.25, 0.3) is 0 Å². The van der Waals surface area contributed by atoms with E-state index < -0.39 is 43.5 Å². The molecule has 0 radical (unpaired) electrons. The molecule has 2 rings (SSSR count). The van der Waals surface area contributed by atoms with Crippen molar-refractivity contribution >= 4 is 43.5 Å². The van der Waals surface area contributed by atoms with Gasteiger partial charge in [-0.15, -0.1) is 0 Å². The van der Waals surface area contributed by atoms with Crippen LogP contribution in [0.25, 0.3) is 0 Å². The van der Waals surface area contributed by atoms with Crippen LogP contribution in [-0.4, -0.2) is 50.1 Å². The molecule has 378 valence electrons. The van der Waals surface area contributed by atoms with Crippen molar-refractivity contribution in [1.29, 1.82) is 5.26 Å². The minimum absolute atomic E-state index is 0.689. The highest BCUT2D eigenvalue weighted by Crippen LogP contribution is 2.16. The number of halogens is 24. The molecule has 0 N–H and O–H groups in total. The smallest absolute Gasteiger partial charge is 0.494 e. The summed E-state index contributed by atoms with van der Waals surface area (Å²) in [4.78, 5) is 0. The number of benzene rings is 1. The summed E-state index contributed by atoms with van der Waals surface area (Å²) in [6.45, 7) is 3.89. The van der Waals surface area contributed by atoms with Crippen LogP contribution in [0.2, 0.25) is 0 Å². The van der Waals surface area contributed by atoms with Crippen LogP contribution in [0.5, 0.6) is 5.75 Å². The SMILES string of the molecule is CCCCCCCCCCCCCCCCCCOc1ccc(C[n+]2ccc(C#N)cc2)cc1.F[B-](F)(F)F.F[B-](F)(F)F.F[B-](F)(F)F.F[B-](F)(F)F.F[B-](F)(F)F.F[B-](F)(F)F. The molecule has 1 aromatic heterocycles. The zero-order valence-corrected chi connectivity index (χ0v) is 34.2. The Labute approximate surface area is 356 Å². The van der Waals surface area contributed by atoms with Crippen molar-refractivity contribution in [3.8, 4) is 11.8 Å². The van der Waals surface area contributed by atoms with E-state index >= 15 is 0 Å². The second-order valence-corrected chi connectivity index (χ2v) is 12.6. The molecule has 0 spiro atoms. The Hall–Kier alpha value is -3.63. The highest BCUT2D eigenvalue weighted by Gasteiger charge is 2.23. The van der Waals surface area contributed by atoms with E-state index in [9.17, 15) is 104 Å². The Morgan fingerprint density at radius 2 is 0.656 bits per heavy atom. The van der Waals surface area contributed by atoms with Gasteiger partial charge in [-0.25, -0.2) is 4.57 Å². The lowest BCUT2D eigenvalue weighted by molar-refractivity contribution is -0.688. The number of nitriles is 1. The molecular formula is C31H47B6F24N2O-5. The van der Waals surface area contributed by atoms with Gasteiger partial charge < -0.3 is 108 Å². The quantitative estimate of drug-likeness (QED) is 0.0574. The van der Waals surface area contributed by atoms with Crippen molar-refractivity contribution in [3.05, 3.63) is 59.9 Å². The summed E-state index contributed by atoms with van der Waals surface area (Å²) in [5.41, 5.74) is 1.92. The molecule has 33 heteroatoms. The van der Waals surface area contributed by atoms with Gasteiger partial charge in [-0.2, -0.15) is 5.26 Å². The zero-order chi connectivity index (χ0) is 51.1. The molecule has 0 aliphatic rings. The van der Waals surface area contributed by atoms with Gasteiger partial charge in [-0.05, 0) is 30.7 Å². The Bertz CT molecular complexity index is 1240. The highest BCUT2D eigenvalue weighted by atomic mass is 19.5. The lowest BCUT2D eigenvalue weighted by Crippen LogP contribution is -2.33. The van der Waals surface area contributed by atoms with E-state index in [1.165, 1.54) is 102 Å². The maximum absolute atomic E-state index is 9.75. The fourth-order valence-electron chi connectivity index (χ4n) is 4.38. The van der Waals surface area contributed by atoms with Crippen LogP contribution in [0.1, 0.15) is 121 Å². The number of unbranched alkanes of at least 4 members (excludes halogenated alkanes) is 15. The van der Waals surface area contributed by atoms with Gasteiger partial charge in [0.1, 0.15) is 5.75 Å². The van der Waals surface area contributed by atoms with E-state index in [4.69, 9.17) is 10.00 Å². The molecule has 0 amide bonds. The molecular weight excluding hydrogens is 937 g/mol. The van der Waals surface area contributed by atoms with E-state index in [1.807, 2.05) is 24.5 Å². The highest BCUT2D eigenvalue weighted by molar-refractivity contribution is 6.51. The first-order chi connectivity index (χ1) is 28.8. The third-order valence-corrected chi connectivity index (χ3v) is 6.58. The van der Waals surface area contributed by atoms with Crippen molar-refractivity contribution in [3.63, 3.8) is 0 Å². The molecule has 0 unspecified atom stereocenters. The van der Waals surface area contributed by atoms with Gasteiger partial charge in [0.15, 0.2) is 18.9 Å². The normalized spacial score (nSPS) is 11.4. The van der Waals surface area contributed by atoms with Gasteiger partial charge in [-0.1, -0.05) is 103 Å². The van der Waals surface area contributed by atoms with Crippen molar-refractivity contribution in [2.24, 2.45) is 0 Å². The van der Waals surface area contributed by atoms with Gasteiger partial charge in [0, 0.05) is 17.7 Å². The molecule has 0 aliphatic carbocycles. The van der Waals surface area contributed by atoms with Gasteiger partial charge >= 0.3 is 43.5 Å². The average Bonchev–Trinajstić information content (AvgIpc) is 3.06. The molecule has 3 nitrogen and oxygen atoms in total. The third-order valence-electron chi connectivity index (χ3n) is 6.58. The van der Waals surface area contributed by atoms with E-state index in [0.717, 1.165) is 25.3 Å². The molecule has 0 bridgehead atoms. The molecule has 2 aromatic rings. The molecule has 1 heterocycles. The van der Waals surface area contributed by atoms with E-state index in [1.54, 1.807) is 0 Å². The fourth-order valence-corrected chi connectivity index (χ4v) is 4.38. The monoisotopic (exact) mass is 985 g/mol. The lowest BCUT2D eigenvalue weighted by Gasteiger charge is -2.07. The average molecular weight is 985 g/mol. The number of aromatic nitrogens is 1. The number of ether oxygens (including phenoxy) is 1. The molecule has 1 aromatic carbocycles. The number of hydrogen-bond donors (Lipinski definition) is 0. The predicted molar refractivity (Wildman–Crippen MR) is 203 cm³/mol. The predicted octanol–water partition coefficient (Wildman–Crippen LogP) is 16.3. The first kappa shape index (κ1) is 69.4. The molecule has 0 saturated carbocycles. The summed E-state index contributed by atoms with van der Waals surface area (Å²) >= 11 is 0. The van der Waals surface area contributed by atoms with Crippen LogP contribution < -0.4 is 9.30 Å². The minimum atomic E-state index is -6.00. The molecule has 64 heavy (non-hydrogen) atoms. The minimum Gasteiger partial charge on any atom is -0.494 e.